The number of ether oxygens (including phenoxy) is 1. The first-order valence-corrected chi connectivity index (χ1v) is 11.0. The van der Waals surface area contributed by atoms with Gasteiger partial charge in [-0.25, -0.2) is 8.42 Å². The van der Waals surface area contributed by atoms with Crippen LogP contribution in [0.15, 0.2) is 71.6 Å². The Hall–Kier alpha value is -2.74. The molecule has 1 amide bonds. The van der Waals surface area contributed by atoms with E-state index in [0.29, 0.717) is 32.7 Å². The van der Waals surface area contributed by atoms with Gasteiger partial charge >= 0.3 is 0 Å². The molecule has 3 rings (SSSR count). The Labute approximate surface area is 184 Å². The summed E-state index contributed by atoms with van der Waals surface area (Å²) in [6.07, 6.45) is 0. The largest absolute Gasteiger partial charge is 0.483 e. The van der Waals surface area contributed by atoms with Gasteiger partial charge in [0.2, 0.25) is 0 Å². The molecule has 156 valence electrons. The van der Waals surface area contributed by atoms with Gasteiger partial charge in [-0.2, -0.15) is 0 Å². The lowest BCUT2D eigenvalue weighted by Crippen LogP contribution is -2.20. The predicted molar refractivity (Wildman–Crippen MR) is 119 cm³/mol. The summed E-state index contributed by atoms with van der Waals surface area (Å²) < 4.78 is 33.2. The zero-order chi connectivity index (χ0) is 21.7. The van der Waals surface area contributed by atoms with Gasteiger partial charge in [-0.15, -0.1) is 0 Å². The summed E-state index contributed by atoms with van der Waals surface area (Å²) >= 11 is 11.7. The first-order valence-electron chi connectivity index (χ1n) is 8.80. The molecule has 9 heteroatoms. The van der Waals surface area contributed by atoms with Gasteiger partial charge in [-0.1, -0.05) is 29.3 Å². The van der Waals surface area contributed by atoms with Gasteiger partial charge < -0.3 is 10.1 Å². The second-order valence-electron chi connectivity index (χ2n) is 6.39. The van der Waals surface area contributed by atoms with E-state index in [-0.39, 0.29) is 17.4 Å². The Morgan fingerprint density at radius 3 is 2.33 bits per heavy atom. The number of sulfonamides is 1. The molecule has 0 radical (unpaired) electrons. The van der Waals surface area contributed by atoms with Crippen LogP contribution in [-0.4, -0.2) is 20.9 Å². The molecule has 0 aliphatic heterocycles. The molecule has 0 spiro atoms. The van der Waals surface area contributed by atoms with Crippen LogP contribution in [0.4, 0.5) is 11.4 Å². The average molecular weight is 465 g/mol. The van der Waals surface area contributed by atoms with Crippen molar-refractivity contribution in [1.29, 1.82) is 0 Å². The Morgan fingerprint density at radius 1 is 0.933 bits per heavy atom. The predicted octanol–water partition coefficient (Wildman–Crippen LogP) is 5.12. The number of halogens is 2. The molecule has 0 atom stereocenters. The highest BCUT2D eigenvalue weighted by molar-refractivity contribution is 7.92. The van der Waals surface area contributed by atoms with E-state index in [0.717, 1.165) is 0 Å². The number of rotatable bonds is 7. The minimum Gasteiger partial charge on any atom is -0.483 e. The maximum absolute atomic E-state index is 12.6. The number of carbonyl (C=O) groups is 1. The zero-order valence-electron chi connectivity index (χ0n) is 15.9. The van der Waals surface area contributed by atoms with Crippen molar-refractivity contribution in [3.8, 4) is 5.75 Å². The lowest BCUT2D eigenvalue weighted by molar-refractivity contribution is -0.118. The Bertz CT molecular complexity index is 1170. The lowest BCUT2D eigenvalue weighted by atomic mass is 10.2. The van der Waals surface area contributed by atoms with E-state index >= 15 is 0 Å². The third kappa shape index (κ3) is 5.89. The summed E-state index contributed by atoms with van der Waals surface area (Å²) in [6.45, 7) is 1.47. The Kier molecular flexibility index (Phi) is 6.87. The molecule has 0 bridgehead atoms. The third-order valence-electron chi connectivity index (χ3n) is 4.02. The number of anilines is 2. The van der Waals surface area contributed by atoms with Gasteiger partial charge in [-0.05, 0) is 73.2 Å². The second-order valence-corrected chi connectivity index (χ2v) is 8.94. The van der Waals surface area contributed by atoms with E-state index in [1.807, 2.05) is 0 Å². The SMILES string of the molecule is Cc1cc(S(=O)(=O)Nc2ccc(Cl)cc2)ccc1OCC(=O)Nc1cccc(Cl)c1. The van der Waals surface area contributed by atoms with Crippen LogP contribution >= 0.6 is 23.2 Å². The zero-order valence-corrected chi connectivity index (χ0v) is 18.2. The van der Waals surface area contributed by atoms with Gasteiger partial charge in [0.05, 0.1) is 4.90 Å². The summed E-state index contributed by atoms with van der Waals surface area (Å²) in [5, 5.41) is 3.69. The fourth-order valence-electron chi connectivity index (χ4n) is 2.59. The van der Waals surface area contributed by atoms with E-state index in [1.54, 1.807) is 55.5 Å². The number of nitrogens with one attached hydrogen (secondary N) is 2. The van der Waals surface area contributed by atoms with Crippen molar-refractivity contribution in [2.45, 2.75) is 11.8 Å². The highest BCUT2D eigenvalue weighted by atomic mass is 35.5. The number of hydrogen-bond donors (Lipinski definition) is 2. The molecule has 0 unspecified atom stereocenters. The van der Waals surface area contributed by atoms with E-state index in [1.165, 1.54) is 18.2 Å². The van der Waals surface area contributed by atoms with E-state index in [9.17, 15) is 13.2 Å². The quantitative estimate of drug-likeness (QED) is 0.507. The number of aryl methyl sites for hydroxylation is 1. The molecular weight excluding hydrogens is 447 g/mol. The summed E-state index contributed by atoms with van der Waals surface area (Å²) in [5.41, 5.74) is 1.53. The summed E-state index contributed by atoms with van der Waals surface area (Å²) in [5.74, 6) is 0.0412. The Balaban J connectivity index is 1.64. The van der Waals surface area contributed by atoms with E-state index in [4.69, 9.17) is 27.9 Å². The monoisotopic (exact) mass is 464 g/mol. The highest BCUT2D eigenvalue weighted by Crippen LogP contribution is 2.24. The normalized spacial score (nSPS) is 11.0. The van der Waals surface area contributed by atoms with Crippen LogP contribution in [0.25, 0.3) is 0 Å². The van der Waals surface area contributed by atoms with E-state index in [2.05, 4.69) is 10.0 Å². The van der Waals surface area contributed by atoms with Crippen molar-refractivity contribution in [2.24, 2.45) is 0 Å². The first-order chi connectivity index (χ1) is 14.2. The Morgan fingerprint density at radius 2 is 1.67 bits per heavy atom. The van der Waals surface area contributed by atoms with Gasteiger partial charge in [-0.3, -0.25) is 9.52 Å². The van der Waals surface area contributed by atoms with Crippen LogP contribution in [0.2, 0.25) is 10.0 Å². The number of carbonyl (C=O) groups excluding carboxylic acids is 1. The smallest absolute Gasteiger partial charge is 0.262 e. The van der Waals surface area contributed by atoms with Gasteiger partial charge in [0.1, 0.15) is 5.75 Å². The standard InChI is InChI=1S/C21H18Cl2N2O4S/c1-14-11-19(30(27,28)25-17-7-5-15(22)6-8-17)9-10-20(14)29-13-21(26)24-18-4-2-3-16(23)12-18/h2-12,25H,13H2,1H3,(H,24,26). The van der Waals surface area contributed by atoms with Crippen LogP contribution in [-0.2, 0) is 14.8 Å². The first kappa shape index (κ1) is 22.0. The van der Waals surface area contributed by atoms with Crippen LogP contribution < -0.4 is 14.8 Å². The van der Waals surface area contributed by atoms with Gasteiger partial charge in [0, 0.05) is 21.4 Å². The number of benzene rings is 3. The van der Waals surface area contributed by atoms with Crippen molar-refractivity contribution in [1.82, 2.24) is 0 Å². The molecule has 30 heavy (non-hydrogen) atoms. The molecule has 0 aliphatic carbocycles. The van der Waals surface area contributed by atoms with Crippen LogP contribution in [0.1, 0.15) is 5.56 Å². The number of amides is 1. The average Bonchev–Trinajstić information content (AvgIpc) is 2.68. The fourth-order valence-corrected chi connectivity index (χ4v) is 4.05. The third-order valence-corrected chi connectivity index (χ3v) is 5.89. The minimum absolute atomic E-state index is 0.0747. The summed E-state index contributed by atoms with van der Waals surface area (Å²) in [4.78, 5) is 12.1. The van der Waals surface area contributed by atoms with Gasteiger partial charge in [0.25, 0.3) is 15.9 Å². The summed E-state index contributed by atoms with van der Waals surface area (Å²) in [6, 6.07) is 17.5. The van der Waals surface area contributed by atoms with Crippen LogP contribution in [0.3, 0.4) is 0 Å². The van der Waals surface area contributed by atoms with Crippen LogP contribution in [0.5, 0.6) is 5.75 Å². The maximum atomic E-state index is 12.6. The topological polar surface area (TPSA) is 84.5 Å². The lowest BCUT2D eigenvalue weighted by Gasteiger charge is -2.12. The fraction of sp³-hybridized carbons (Fsp3) is 0.0952. The molecule has 0 heterocycles. The van der Waals surface area contributed by atoms with Crippen LogP contribution in [0, 0.1) is 6.92 Å². The molecule has 3 aromatic carbocycles. The highest BCUT2D eigenvalue weighted by Gasteiger charge is 2.16. The van der Waals surface area contributed by atoms with Gasteiger partial charge in [0.15, 0.2) is 6.61 Å². The van der Waals surface area contributed by atoms with Crippen molar-refractivity contribution >= 4 is 50.5 Å². The molecular formula is C21H18Cl2N2O4S. The maximum Gasteiger partial charge on any atom is 0.262 e. The van der Waals surface area contributed by atoms with Crippen molar-refractivity contribution in [3.63, 3.8) is 0 Å². The summed E-state index contributed by atoms with van der Waals surface area (Å²) in [7, 11) is -3.78. The van der Waals surface area contributed by atoms with Crippen molar-refractivity contribution in [2.75, 3.05) is 16.6 Å². The van der Waals surface area contributed by atoms with E-state index < -0.39 is 10.0 Å². The second kappa shape index (κ2) is 9.38. The molecule has 6 nitrogen and oxygen atoms in total. The molecule has 3 aromatic rings. The van der Waals surface area contributed by atoms with Crippen molar-refractivity contribution in [3.05, 3.63) is 82.3 Å². The molecule has 2 N–H and O–H groups in total. The number of hydrogen-bond acceptors (Lipinski definition) is 4. The molecule has 0 saturated carbocycles. The molecule has 0 fully saturated rings. The van der Waals surface area contributed by atoms with Crippen molar-refractivity contribution < 1.29 is 17.9 Å². The molecule has 0 saturated heterocycles. The minimum atomic E-state index is -3.78. The molecule has 0 aromatic heterocycles. The molecule has 0 aliphatic rings.